The molecule has 2 heteroatoms. The molecule has 0 aromatic rings. The minimum absolute atomic E-state index is 0.893. The van der Waals surface area contributed by atoms with Gasteiger partial charge in [0.25, 0.3) is 0 Å². The molecule has 2 N–H and O–H groups in total. The van der Waals surface area contributed by atoms with Gasteiger partial charge in [0.05, 0.1) is 0 Å². The Morgan fingerprint density at radius 2 is 2.00 bits per heavy atom. The maximum atomic E-state index is 5.69. The van der Waals surface area contributed by atoms with Crippen LogP contribution in [0.1, 0.15) is 32.6 Å². The van der Waals surface area contributed by atoms with Crippen molar-refractivity contribution < 1.29 is 0 Å². The van der Waals surface area contributed by atoms with Gasteiger partial charge in [-0.05, 0) is 18.8 Å². The lowest BCUT2D eigenvalue weighted by atomic mass is 10.1. The number of hydrogen-bond donors (Lipinski definition) is 1. The van der Waals surface area contributed by atoms with Gasteiger partial charge in [-0.3, -0.25) is 5.84 Å². The molecule has 0 spiro atoms. The third-order valence-electron chi connectivity index (χ3n) is 2.37. The molecule has 1 aliphatic carbocycles. The Morgan fingerprint density at radius 1 is 1.40 bits per heavy atom. The van der Waals surface area contributed by atoms with E-state index in [4.69, 9.17) is 5.84 Å². The van der Waals surface area contributed by atoms with E-state index in [2.05, 4.69) is 6.92 Å². The average molecular weight is 142 g/mol. The van der Waals surface area contributed by atoms with Crippen molar-refractivity contribution in [3.8, 4) is 0 Å². The Hall–Kier alpha value is -0.0800. The number of hydrogen-bond acceptors (Lipinski definition) is 2. The lowest BCUT2D eigenvalue weighted by Crippen LogP contribution is -2.34. The van der Waals surface area contributed by atoms with Gasteiger partial charge in [-0.1, -0.05) is 19.8 Å². The van der Waals surface area contributed by atoms with E-state index in [1.54, 1.807) is 0 Å². The molecule has 2 nitrogen and oxygen atoms in total. The second kappa shape index (κ2) is 3.94. The van der Waals surface area contributed by atoms with Crippen LogP contribution in [0.3, 0.4) is 0 Å². The van der Waals surface area contributed by atoms with Crippen LogP contribution in [0.4, 0.5) is 0 Å². The highest BCUT2D eigenvalue weighted by molar-refractivity contribution is 4.68. The van der Waals surface area contributed by atoms with Crippen LogP contribution in [0.15, 0.2) is 0 Å². The fourth-order valence-corrected chi connectivity index (χ4v) is 1.65. The van der Waals surface area contributed by atoms with E-state index in [9.17, 15) is 0 Å². The topological polar surface area (TPSA) is 29.3 Å². The summed E-state index contributed by atoms with van der Waals surface area (Å²) >= 11 is 0. The van der Waals surface area contributed by atoms with Gasteiger partial charge in [0.15, 0.2) is 0 Å². The van der Waals surface area contributed by atoms with Gasteiger partial charge < -0.3 is 0 Å². The van der Waals surface area contributed by atoms with Crippen LogP contribution in [0.5, 0.6) is 0 Å². The number of rotatable bonds is 3. The molecule has 0 unspecified atom stereocenters. The minimum Gasteiger partial charge on any atom is -0.269 e. The van der Waals surface area contributed by atoms with Crippen molar-refractivity contribution in [1.82, 2.24) is 5.01 Å². The van der Waals surface area contributed by atoms with Gasteiger partial charge in [-0.15, -0.1) is 0 Å². The number of nitrogens with two attached hydrogens (primary N) is 1. The third kappa shape index (κ3) is 2.27. The Kier molecular flexibility index (Phi) is 3.16. The van der Waals surface area contributed by atoms with E-state index in [1.807, 2.05) is 5.01 Å². The first kappa shape index (κ1) is 8.02. The zero-order valence-electron chi connectivity index (χ0n) is 6.84. The fourth-order valence-electron chi connectivity index (χ4n) is 1.65. The Morgan fingerprint density at radius 3 is 2.50 bits per heavy atom. The molecule has 0 aromatic carbocycles. The summed E-state index contributed by atoms with van der Waals surface area (Å²) in [7, 11) is 0. The van der Waals surface area contributed by atoms with Crippen LogP contribution in [-0.2, 0) is 0 Å². The molecule has 1 saturated carbocycles. The van der Waals surface area contributed by atoms with Crippen LogP contribution >= 0.6 is 0 Å². The number of hydrazine groups is 1. The lowest BCUT2D eigenvalue weighted by molar-refractivity contribution is 0.249. The number of nitrogens with zero attached hydrogens (tertiary/aromatic N) is 1. The highest BCUT2D eigenvalue weighted by atomic mass is 15.4. The van der Waals surface area contributed by atoms with Gasteiger partial charge in [-0.25, -0.2) is 5.01 Å². The zero-order chi connectivity index (χ0) is 7.40. The van der Waals surface area contributed by atoms with Crippen LogP contribution < -0.4 is 5.84 Å². The Balaban J connectivity index is 2.11. The van der Waals surface area contributed by atoms with Crippen LogP contribution in [0.2, 0.25) is 0 Å². The summed E-state index contributed by atoms with van der Waals surface area (Å²) < 4.78 is 0. The normalized spacial score (nSPS) is 20.7. The summed E-state index contributed by atoms with van der Waals surface area (Å²) in [4.78, 5) is 0. The van der Waals surface area contributed by atoms with Crippen molar-refractivity contribution in [1.29, 1.82) is 0 Å². The monoisotopic (exact) mass is 142 g/mol. The summed E-state index contributed by atoms with van der Waals surface area (Å²) in [5.74, 6) is 6.58. The first-order valence-corrected chi connectivity index (χ1v) is 4.32. The molecular formula is C8H18N2. The SMILES string of the molecule is CCN(N)CC1CCCC1. The molecule has 1 rings (SSSR count). The van der Waals surface area contributed by atoms with Gasteiger partial charge in [0.2, 0.25) is 0 Å². The largest absolute Gasteiger partial charge is 0.269 e. The van der Waals surface area contributed by atoms with E-state index >= 15 is 0 Å². The second-order valence-electron chi connectivity index (χ2n) is 3.24. The summed E-state index contributed by atoms with van der Waals surface area (Å²) in [5.41, 5.74) is 0. The smallest absolute Gasteiger partial charge is 0.0156 e. The van der Waals surface area contributed by atoms with Gasteiger partial charge >= 0.3 is 0 Å². The molecule has 0 aliphatic heterocycles. The van der Waals surface area contributed by atoms with Gasteiger partial charge in [-0.2, -0.15) is 0 Å². The summed E-state index contributed by atoms with van der Waals surface area (Å²) in [6, 6.07) is 0. The summed E-state index contributed by atoms with van der Waals surface area (Å²) in [5, 5.41) is 1.93. The van der Waals surface area contributed by atoms with E-state index in [1.165, 1.54) is 25.7 Å². The molecule has 0 atom stereocenters. The minimum atomic E-state index is 0.893. The first-order valence-electron chi connectivity index (χ1n) is 4.32. The van der Waals surface area contributed by atoms with E-state index < -0.39 is 0 Å². The summed E-state index contributed by atoms with van der Waals surface area (Å²) in [6.07, 6.45) is 5.63. The highest BCUT2D eigenvalue weighted by Gasteiger charge is 2.15. The highest BCUT2D eigenvalue weighted by Crippen LogP contribution is 2.24. The van der Waals surface area contributed by atoms with Gasteiger partial charge in [0.1, 0.15) is 0 Å². The first-order chi connectivity index (χ1) is 4.83. The molecule has 1 fully saturated rings. The summed E-state index contributed by atoms with van der Waals surface area (Å²) in [6.45, 7) is 4.20. The second-order valence-corrected chi connectivity index (χ2v) is 3.24. The molecule has 60 valence electrons. The maximum Gasteiger partial charge on any atom is 0.0156 e. The lowest BCUT2D eigenvalue weighted by Gasteiger charge is -2.17. The Bertz CT molecular complexity index is 87.3. The van der Waals surface area contributed by atoms with E-state index in [0.717, 1.165) is 19.0 Å². The molecular weight excluding hydrogens is 124 g/mol. The van der Waals surface area contributed by atoms with Crippen LogP contribution in [0.25, 0.3) is 0 Å². The molecule has 1 aliphatic rings. The van der Waals surface area contributed by atoms with Crippen molar-refractivity contribution in [3.63, 3.8) is 0 Å². The van der Waals surface area contributed by atoms with Crippen molar-refractivity contribution in [2.45, 2.75) is 32.6 Å². The standard InChI is InChI=1S/C8H18N2/c1-2-10(9)7-8-5-3-4-6-8/h8H,2-7,9H2,1H3. The maximum absolute atomic E-state index is 5.69. The van der Waals surface area contributed by atoms with Gasteiger partial charge in [0, 0.05) is 13.1 Å². The molecule has 0 bridgehead atoms. The van der Waals surface area contributed by atoms with Crippen molar-refractivity contribution in [2.24, 2.45) is 11.8 Å². The molecule has 10 heavy (non-hydrogen) atoms. The zero-order valence-corrected chi connectivity index (χ0v) is 6.84. The average Bonchev–Trinajstić information content (AvgIpc) is 2.40. The third-order valence-corrected chi connectivity index (χ3v) is 2.37. The predicted molar refractivity (Wildman–Crippen MR) is 43.4 cm³/mol. The molecule has 0 amide bonds. The molecule has 0 saturated heterocycles. The Labute approximate surface area is 63.4 Å². The van der Waals surface area contributed by atoms with E-state index in [0.29, 0.717) is 0 Å². The van der Waals surface area contributed by atoms with Crippen LogP contribution in [0, 0.1) is 5.92 Å². The molecule has 0 radical (unpaired) electrons. The molecule has 0 aromatic heterocycles. The van der Waals surface area contributed by atoms with Crippen molar-refractivity contribution in [3.05, 3.63) is 0 Å². The van der Waals surface area contributed by atoms with E-state index in [-0.39, 0.29) is 0 Å². The quantitative estimate of drug-likeness (QED) is 0.476. The fraction of sp³-hybridized carbons (Fsp3) is 1.00. The predicted octanol–water partition coefficient (Wildman–Crippen LogP) is 1.37. The molecule has 0 heterocycles. The van der Waals surface area contributed by atoms with Crippen LogP contribution in [-0.4, -0.2) is 18.1 Å². The van der Waals surface area contributed by atoms with Crippen molar-refractivity contribution >= 4 is 0 Å². The van der Waals surface area contributed by atoms with Crippen molar-refractivity contribution in [2.75, 3.05) is 13.1 Å².